The minimum atomic E-state index is -1.91. The van der Waals surface area contributed by atoms with E-state index in [2.05, 4.69) is 5.16 Å². The molecule has 0 spiro atoms. The SMILES string of the molecule is ON=C1C=CC=C(F)C1F. The summed E-state index contributed by atoms with van der Waals surface area (Å²) < 4.78 is 24.7. The van der Waals surface area contributed by atoms with Gasteiger partial charge in [-0.05, 0) is 12.2 Å². The number of oxime groups is 1. The van der Waals surface area contributed by atoms with Crippen molar-refractivity contribution in [3.05, 3.63) is 24.1 Å². The number of rotatable bonds is 0. The highest BCUT2D eigenvalue weighted by Crippen LogP contribution is 2.15. The van der Waals surface area contributed by atoms with Crippen molar-refractivity contribution in [3.63, 3.8) is 0 Å². The van der Waals surface area contributed by atoms with Gasteiger partial charge in [-0.15, -0.1) is 0 Å². The molecule has 1 unspecified atom stereocenters. The van der Waals surface area contributed by atoms with Gasteiger partial charge in [-0.3, -0.25) is 0 Å². The molecule has 0 saturated heterocycles. The van der Waals surface area contributed by atoms with Crippen LogP contribution in [-0.2, 0) is 0 Å². The van der Waals surface area contributed by atoms with Gasteiger partial charge < -0.3 is 5.21 Å². The minimum absolute atomic E-state index is 0.306. The molecule has 10 heavy (non-hydrogen) atoms. The van der Waals surface area contributed by atoms with Crippen molar-refractivity contribution < 1.29 is 14.0 Å². The van der Waals surface area contributed by atoms with E-state index < -0.39 is 12.0 Å². The second-order valence-electron chi connectivity index (χ2n) is 1.80. The first kappa shape index (κ1) is 6.92. The number of allylic oxidation sites excluding steroid dienone is 4. The van der Waals surface area contributed by atoms with Crippen LogP contribution in [0.15, 0.2) is 29.2 Å². The lowest BCUT2D eigenvalue weighted by molar-refractivity contribution is 0.308. The topological polar surface area (TPSA) is 32.6 Å². The highest BCUT2D eigenvalue weighted by atomic mass is 19.2. The van der Waals surface area contributed by atoms with Gasteiger partial charge >= 0.3 is 0 Å². The summed E-state index contributed by atoms with van der Waals surface area (Å²) in [5, 5.41) is 10.6. The molecule has 2 nitrogen and oxygen atoms in total. The summed E-state index contributed by atoms with van der Waals surface area (Å²) in [6.45, 7) is 0. The van der Waals surface area contributed by atoms with E-state index in [0.717, 1.165) is 6.08 Å². The van der Waals surface area contributed by atoms with Crippen LogP contribution in [0.5, 0.6) is 0 Å². The maximum absolute atomic E-state index is 12.5. The minimum Gasteiger partial charge on any atom is -0.411 e. The lowest BCUT2D eigenvalue weighted by Crippen LogP contribution is -2.16. The van der Waals surface area contributed by atoms with Gasteiger partial charge in [-0.25, -0.2) is 8.78 Å². The van der Waals surface area contributed by atoms with E-state index in [1.54, 1.807) is 0 Å². The Morgan fingerprint density at radius 2 is 2.30 bits per heavy atom. The number of alkyl halides is 1. The highest BCUT2D eigenvalue weighted by molar-refractivity contribution is 6.01. The van der Waals surface area contributed by atoms with E-state index in [4.69, 9.17) is 5.21 Å². The van der Waals surface area contributed by atoms with E-state index >= 15 is 0 Å². The first-order chi connectivity index (χ1) is 4.75. The Bertz CT molecular complexity index is 220. The normalized spacial score (nSPS) is 28.8. The van der Waals surface area contributed by atoms with Crippen LogP contribution in [0, 0.1) is 0 Å². The van der Waals surface area contributed by atoms with E-state index in [0.29, 0.717) is 0 Å². The van der Waals surface area contributed by atoms with Crippen molar-refractivity contribution in [1.29, 1.82) is 0 Å². The lowest BCUT2D eigenvalue weighted by atomic mass is 10.1. The van der Waals surface area contributed by atoms with Crippen molar-refractivity contribution in [2.75, 3.05) is 0 Å². The Morgan fingerprint density at radius 1 is 1.60 bits per heavy atom. The first-order valence-corrected chi connectivity index (χ1v) is 2.65. The predicted octanol–water partition coefficient (Wildman–Crippen LogP) is 1.58. The largest absolute Gasteiger partial charge is 0.411 e. The molecule has 0 amide bonds. The molecule has 0 heterocycles. The number of hydrogen-bond donors (Lipinski definition) is 1. The molecule has 0 aromatic heterocycles. The molecule has 1 aliphatic carbocycles. The van der Waals surface area contributed by atoms with Crippen LogP contribution >= 0.6 is 0 Å². The quantitative estimate of drug-likeness (QED) is 0.407. The molecule has 54 valence electrons. The third-order valence-electron chi connectivity index (χ3n) is 1.14. The van der Waals surface area contributed by atoms with Gasteiger partial charge in [0.25, 0.3) is 0 Å². The van der Waals surface area contributed by atoms with E-state index in [-0.39, 0.29) is 5.71 Å². The first-order valence-electron chi connectivity index (χ1n) is 2.65. The van der Waals surface area contributed by atoms with Crippen molar-refractivity contribution in [3.8, 4) is 0 Å². The van der Waals surface area contributed by atoms with Crippen molar-refractivity contribution in [2.45, 2.75) is 6.17 Å². The number of hydrogen-bond acceptors (Lipinski definition) is 2. The van der Waals surface area contributed by atoms with E-state index in [1.165, 1.54) is 12.2 Å². The molecule has 0 aliphatic heterocycles. The number of nitrogens with zero attached hydrogens (tertiary/aromatic N) is 1. The van der Waals surface area contributed by atoms with Gasteiger partial charge in [0.2, 0.25) is 0 Å². The molecule has 1 aliphatic rings. The summed E-state index contributed by atoms with van der Waals surface area (Å²) in [4.78, 5) is 0. The Kier molecular flexibility index (Phi) is 1.80. The molecule has 0 bridgehead atoms. The molecule has 4 heteroatoms. The zero-order chi connectivity index (χ0) is 7.56. The van der Waals surface area contributed by atoms with Crippen LogP contribution in [0.4, 0.5) is 8.78 Å². The van der Waals surface area contributed by atoms with Gasteiger partial charge in [0.15, 0.2) is 6.17 Å². The molecule has 1 atom stereocenters. The average Bonchev–Trinajstić information content (AvgIpc) is 1.95. The zero-order valence-electron chi connectivity index (χ0n) is 4.96. The smallest absolute Gasteiger partial charge is 0.196 e. The van der Waals surface area contributed by atoms with Crippen LogP contribution in [0.2, 0.25) is 0 Å². The second-order valence-corrected chi connectivity index (χ2v) is 1.80. The van der Waals surface area contributed by atoms with Gasteiger partial charge in [-0.1, -0.05) is 11.2 Å². The standard InChI is InChI=1S/C6H5F2NO/c7-4-2-1-3-5(9-10)6(4)8/h1-3,6,10H. The summed E-state index contributed by atoms with van der Waals surface area (Å²) >= 11 is 0. The number of halogens is 2. The zero-order valence-corrected chi connectivity index (χ0v) is 4.96. The van der Waals surface area contributed by atoms with Crippen LogP contribution in [0.1, 0.15) is 0 Å². The summed E-state index contributed by atoms with van der Waals surface area (Å²) in [5.74, 6) is -0.935. The maximum atomic E-state index is 12.5. The van der Waals surface area contributed by atoms with Gasteiger partial charge in [0, 0.05) is 0 Å². The Morgan fingerprint density at radius 3 is 2.80 bits per heavy atom. The molecule has 0 aromatic carbocycles. The molecule has 0 saturated carbocycles. The van der Waals surface area contributed by atoms with Crippen molar-refractivity contribution in [1.82, 2.24) is 0 Å². The Hall–Kier alpha value is -1.19. The molecular weight excluding hydrogens is 140 g/mol. The monoisotopic (exact) mass is 145 g/mol. The van der Waals surface area contributed by atoms with Gasteiger partial charge in [-0.2, -0.15) is 0 Å². The van der Waals surface area contributed by atoms with E-state index in [1.807, 2.05) is 0 Å². The summed E-state index contributed by atoms with van der Waals surface area (Å²) in [6, 6.07) is 0. The predicted molar refractivity (Wildman–Crippen MR) is 32.4 cm³/mol. The van der Waals surface area contributed by atoms with Gasteiger partial charge in [0.1, 0.15) is 11.5 Å². The second kappa shape index (κ2) is 2.60. The van der Waals surface area contributed by atoms with Crippen LogP contribution in [-0.4, -0.2) is 17.1 Å². The summed E-state index contributed by atoms with van der Waals surface area (Å²) in [5.41, 5.74) is -0.306. The fourth-order valence-electron chi connectivity index (χ4n) is 0.633. The molecule has 1 N–H and O–H groups in total. The molecule has 0 radical (unpaired) electrons. The van der Waals surface area contributed by atoms with Crippen LogP contribution < -0.4 is 0 Å². The molecular formula is C6H5F2NO. The lowest BCUT2D eigenvalue weighted by Gasteiger charge is -2.06. The summed E-state index contributed by atoms with van der Waals surface area (Å²) in [6.07, 6.45) is 1.56. The van der Waals surface area contributed by atoms with E-state index in [9.17, 15) is 8.78 Å². The van der Waals surface area contributed by atoms with Crippen LogP contribution in [0.25, 0.3) is 0 Å². The fourth-order valence-corrected chi connectivity index (χ4v) is 0.633. The summed E-state index contributed by atoms with van der Waals surface area (Å²) in [7, 11) is 0. The molecule has 1 rings (SSSR count). The maximum Gasteiger partial charge on any atom is 0.196 e. The van der Waals surface area contributed by atoms with Crippen LogP contribution in [0.3, 0.4) is 0 Å². The van der Waals surface area contributed by atoms with Crippen molar-refractivity contribution in [2.24, 2.45) is 5.16 Å². The third kappa shape index (κ3) is 1.05. The molecule has 0 aromatic rings. The average molecular weight is 145 g/mol. The van der Waals surface area contributed by atoms with Crippen molar-refractivity contribution >= 4 is 5.71 Å². The Labute approximate surface area is 56.2 Å². The molecule has 0 fully saturated rings. The third-order valence-corrected chi connectivity index (χ3v) is 1.14. The van der Waals surface area contributed by atoms with Gasteiger partial charge in [0.05, 0.1) is 0 Å². The Balaban J connectivity index is 2.89. The fraction of sp³-hybridized carbons (Fsp3) is 0.167. The highest BCUT2D eigenvalue weighted by Gasteiger charge is 2.20.